The fourth-order valence-corrected chi connectivity index (χ4v) is 1.56. The van der Waals surface area contributed by atoms with Crippen LogP contribution in [0.4, 0.5) is 0 Å². The summed E-state index contributed by atoms with van der Waals surface area (Å²) in [6, 6.07) is 7.77. The number of rotatable bonds is 6. The second kappa shape index (κ2) is 7.13. The first-order valence-corrected chi connectivity index (χ1v) is 6.23. The van der Waals surface area contributed by atoms with Gasteiger partial charge < -0.3 is 15.7 Å². The maximum absolute atomic E-state index is 11.4. The first-order valence-electron chi connectivity index (χ1n) is 6.23. The summed E-state index contributed by atoms with van der Waals surface area (Å²) in [4.78, 5) is 11.4. The molecule has 0 aliphatic rings. The van der Waals surface area contributed by atoms with Crippen molar-refractivity contribution in [3.63, 3.8) is 0 Å². The quantitative estimate of drug-likeness (QED) is 0.710. The molecule has 0 aromatic heterocycles. The summed E-state index contributed by atoms with van der Waals surface area (Å²) in [5.41, 5.74) is 1.79. The molecule has 1 aromatic carbocycles. The van der Waals surface area contributed by atoms with Crippen molar-refractivity contribution >= 4 is 5.91 Å². The standard InChI is InChI=1S/C14H22N2O2/c1-10(9-17)11(2)16-8-12-4-6-13(7-5-12)14(18)15-3/h4-7,10-11,16-17H,8-9H2,1-3H3,(H,15,18). The number of amides is 1. The van der Waals surface area contributed by atoms with Gasteiger partial charge in [0.15, 0.2) is 0 Å². The molecule has 1 rings (SSSR count). The van der Waals surface area contributed by atoms with E-state index < -0.39 is 0 Å². The van der Waals surface area contributed by atoms with Crippen LogP contribution in [-0.4, -0.2) is 30.7 Å². The molecule has 2 atom stereocenters. The first kappa shape index (κ1) is 14.7. The lowest BCUT2D eigenvalue weighted by Gasteiger charge is -2.19. The summed E-state index contributed by atoms with van der Waals surface area (Å²) in [5.74, 6) is 0.159. The third-order valence-electron chi connectivity index (χ3n) is 3.21. The molecule has 0 spiro atoms. The largest absolute Gasteiger partial charge is 0.396 e. The lowest BCUT2D eigenvalue weighted by Crippen LogP contribution is -2.33. The highest BCUT2D eigenvalue weighted by atomic mass is 16.3. The van der Waals surface area contributed by atoms with Crippen LogP contribution in [0.3, 0.4) is 0 Å². The van der Waals surface area contributed by atoms with Gasteiger partial charge in [0.05, 0.1) is 0 Å². The summed E-state index contributed by atoms with van der Waals surface area (Å²) < 4.78 is 0. The van der Waals surface area contributed by atoms with E-state index in [1.807, 2.05) is 31.2 Å². The van der Waals surface area contributed by atoms with Gasteiger partial charge in [-0.1, -0.05) is 19.1 Å². The number of aliphatic hydroxyl groups excluding tert-OH is 1. The molecule has 4 nitrogen and oxygen atoms in total. The van der Waals surface area contributed by atoms with E-state index in [1.54, 1.807) is 7.05 Å². The molecule has 0 aliphatic carbocycles. The van der Waals surface area contributed by atoms with Crippen molar-refractivity contribution < 1.29 is 9.90 Å². The van der Waals surface area contributed by atoms with Crippen LogP contribution in [0.5, 0.6) is 0 Å². The van der Waals surface area contributed by atoms with E-state index in [1.165, 1.54) is 0 Å². The van der Waals surface area contributed by atoms with Crippen molar-refractivity contribution in [1.82, 2.24) is 10.6 Å². The average molecular weight is 250 g/mol. The highest BCUT2D eigenvalue weighted by molar-refractivity contribution is 5.93. The van der Waals surface area contributed by atoms with Gasteiger partial charge in [0.25, 0.3) is 5.91 Å². The van der Waals surface area contributed by atoms with Gasteiger partial charge in [-0.15, -0.1) is 0 Å². The predicted octanol–water partition coefficient (Wildman–Crippen LogP) is 1.15. The van der Waals surface area contributed by atoms with E-state index >= 15 is 0 Å². The normalized spacial score (nSPS) is 14.0. The fourth-order valence-electron chi connectivity index (χ4n) is 1.56. The zero-order chi connectivity index (χ0) is 13.5. The van der Waals surface area contributed by atoms with Crippen molar-refractivity contribution in [2.75, 3.05) is 13.7 Å². The molecule has 4 heteroatoms. The molecular formula is C14H22N2O2. The fraction of sp³-hybridized carbons (Fsp3) is 0.500. The minimum absolute atomic E-state index is 0.0724. The van der Waals surface area contributed by atoms with E-state index in [-0.39, 0.29) is 24.5 Å². The van der Waals surface area contributed by atoms with Crippen LogP contribution in [0.1, 0.15) is 29.8 Å². The number of hydrogen-bond acceptors (Lipinski definition) is 3. The summed E-state index contributed by atoms with van der Waals surface area (Å²) >= 11 is 0. The van der Waals surface area contributed by atoms with Gasteiger partial charge in [0.2, 0.25) is 0 Å². The molecule has 1 amide bonds. The van der Waals surface area contributed by atoms with Crippen molar-refractivity contribution in [3.8, 4) is 0 Å². The average Bonchev–Trinajstić information content (AvgIpc) is 2.43. The Balaban J connectivity index is 2.51. The van der Waals surface area contributed by atoms with Crippen LogP contribution in [0.2, 0.25) is 0 Å². The first-order chi connectivity index (χ1) is 8.58. The van der Waals surface area contributed by atoms with Gasteiger partial charge in [0, 0.05) is 31.8 Å². The van der Waals surface area contributed by atoms with E-state index in [0.717, 1.165) is 12.1 Å². The van der Waals surface area contributed by atoms with Gasteiger partial charge in [-0.2, -0.15) is 0 Å². The number of hydrogen-bond donors (Lipinski definition) is 3. The van der Waals surface area contributed by atoms with E-state index in [9.17, 15) is 4.79 Å². The predicted molar refractivity (Wildman–Crippen MR) is 72.4 cm³/mol. The van der Waals surface area contributed by atoms with Crippen LogP contribution < -0.4 is 10.6 Å². The molecule has 0 fully saturated rings. The number of carbonyl (C=O) groups is 1. The number of aliphatic hydroxyl groups is 1. The Hall–Kier alpha value is -1.39. The number of nitrogens with one attached hydrogen (secondary N) is 2. The Labute approximate surface area is 108 Å². The summed E-state index contributed by atoms with van der Waals surface area (Å²) in [6.45, 7) is 4.98. The smallest absolute Gasteiger partial charge is 0.251 e. The highest BCUT2D eigenvalue weighted by Gasteiger charge is 2.10. The van der Waals surface area contributed by atoms with Crippen LogP contribution in [0.25, 0.3) is 0 Å². The zero-order valence-electron chi connectivity index (χ0n) is 11.2. The van der Waals surface area contributed by atoms with Crippen molar-refractivity contribution in [2.45, 2.75) is 26.4 Å². The Kier molecular flexibility index (Phi) is 5.82. The molecule has 18 heavy (non-hydrogen) atoms. The van der Waals surface area contributed by atoms with Crippen molar-refractivity contribution in [2.24, 2.45) is 5.92 Å². The summed E-state index contributed by atoms with van der Waals surface area (Å²) in [7, 11) is 1.62. The van der Waals surface area contributed by atoms with E-state index in [0.29, 0.717) is 5.56 Å². The maximum atomic E-state index is 11.4. The van der Waals surface area contributed by atoms with E-state index in [4.69, 9.17) is 5.11 Å². The van der Waals surface area contributed by atoms with Crippen LogP contribution in [-0.2, 0) is 6.54 Å². The SMILES string of the molecule is CNC(=O)c1ccc(CNC(C)C(C)CO)cc1. The molecule has 0 saturated carbocycles. The molecule has 0 saturated heterocycles. The monoisotopic (exact) mass is 250 g/mol. The second-order valence-corrected chi connectivity index (χ2v) is 4.61. The molecule has 1 aromatic rings. The molecule has 0 heterocycles. The molecule has 0 radical (unpaired) electrons. The Morgan fingerprint density at radius 3 is 2.39 bits per heavy atom. The van der Waals surface area contributed by atoms with Crippen LogP contribution >= 0.6 is 0 Å². The number of benzene rings is 1. The highest BCUT2D eigenvalue weighted by Crippen LogP contribution is 2.06. The minimum atomic E-state index is -0.0724. The molecule has 0 aliphatic heterocycles. The number of carbonyl (C=O) groups excluding carboxylic acids is 1. The molecule has 0 bridgehead atoms. The Morgan fingerprint density at radius 1 is 1.28 bits per heavy atom. The zero-order valence-corrected chi connectivity index (χ0v) is 11.2. The third kappa shape index (κ3) is 4.13. The Bertz CT molecular complexity index is 376. The summed E-state index contributed by atoms with van der Waals surface area (Å²) in [6.07, 6.45) is 0. The van der Waals surface area contributed by atoms with Gasteiger partial charge >= 0.3 is 0 Å². The molecule has 3 N–H and O–H groups in total. The molecule has 2 unspecified atom stereocenters. The van der Waals surface area contributed by atoms with Crippen LogP contribution in [0, 0.1) is 5.92 Å². The Morgan fingerprint density at radius 2 is 1.89 bits per heavy atom. The van der Waals surface area contributed by atoms with Crippen molar-refractivity contribution in [1.29, 1.82) is 0 Å². The van der Waals surface area contributed by atoms with Crippen LogP contribution in [0.15, 0.2) is 24.3 Å². The minimum Gasteiger partial charge on any atom is -0.396 e. The third-order valence-corrected chi connectivity index (χ3v) is 3.21. The van der Waals surface area contributed by atoms with Crippen molar-refractivity contribution in [3.05, 3.63) is 35.4 Å². The molecule has 100 valence electrons. The van der Waals surface area contributed by atoms with Gasteiger partial charge in [-0.3, -0.25) is 4.79 Å². The molecular weight excluding hydrogens is 228 g/mol. The lowest BCUT2D eigenvalue weighted by molar-refractivity contribution is 0.0963. The van der Waals surface area contributed by atoms with Gasteiger partial charge in [-0.25, -0.2) is 0 Å². The topological polar surface area (TPSA) is 61.4 Å². The second-order valence-electron chi connectivity index (χ2n) is 4.61. The van der Waals surface area contributed by atoms with Gasteiger partial charge in [0.1, 0.15) is 0 Å². The van der Waals surface area contributed by atoms with E-state index in [2.05, 4.69) is 17.6 Å². The summed E-state index contributed by atoms with van der Waals surface area (Å²) in [5, 5.41) is 15.0. The lowest BCUT2D eigenvalue weighted by atomic mass is 10.0. The van der Waals surface area contributed by atoms with Gasteiger partial charge in [-0.05, 0) is 30.5 Å². The maximum Gasteiger partial charge on any atom is 0.251 e.